The SMILES string of the molecule is CCOc1ccc(C=C2CCc3c2oc2ccc(C(=O)O)cc2c3=O)cc1. The van der Waals surface area contributed by atoms with Crippen molar-refractivity contribution in [3.8, 4) is 5.75 Å². The predicted molar refractivity (Wildman–Crippen MR) is 103 cm³/mol. The van der Waals surface area contributed by atoms with Crippen LogP contribution in [0.25, 0.3) is 22.6 Å². The van der Waals surface area contributed by atoms with Gasteiger partial charge in [-0.05, 0) is 67.3 Å². The first-order valence-corrected chi connectivity index (χ1v) is 8.83. The minimum atomic E-state index is -1.06. The molecule has 0 aliphatic heterocycles. The summed E-state index contributed by atoms with van der Waals surface area (Å²) in [5.74, 6) is 0.357. The van der Waals surface area contributed by atoms with Crippen LogP contribution >= 0.6 is 0 Å². The molecule has 5 heteroatoms. The topological polar surface area (TPSA) is 76.7 Å². The standard InChI is InChI=1S/C22H18O5/c1-2-26-16-7-3-13(4-8-16)11-14-5-9-17-20(23)18-12-15(22(24)25)6-10-19(18)27-21(14)17/h3-4,6-8,10-12H,2,5,9H2,1H3,(H,24,25). The molecular weight excluding hydrogens is 344 g/mol. The molecule has 0 atom stereocenters. The van der Waals surface area contributed by atoms with Gasteiger partial charge in [0.2, 0.25) is 0 Å². The number of fused-ring (bicyclic) bond motifs is 2. The van der Waals surface area contributed by atoms with E-state index in [1.165, 1.54) is 12.1 Å². The predicted octanol–water partition coefficient (Wildman–Crippen LogP) is 4.38. The highest BCUT2D eigenvalue weighted by Gasteiger charge is 2.24. The molecular formula is C22H18O5. The van der Waals surface area contributed by atoms with Crippen LogP contribution in [0.2, 0.25) is 0 Å². The number of aromatic carboxylic acids is 1. The number of carboxylic acids is 1. The Hall–Kier alpha value is -3.34. The molecule has 2 aromatic carbocycles. The monoisotopic (exact) mass is 362 g/mol. The third-order valence-corrected chi connectivity index (χ3v) is 4.70. The Kier molecular flexibility index (Phi) is 4.28. The number of ether oxygens (including phenoxy) is 1. The highest BCUT2D eigenvalue weighted by Crippen LogP contribution is 2.34. The van der Waals surface area contributed by atoms with Crippen molar-refractivity contribution in [2.45, 2.75) is 19.8 Å². The summed E-state index contributed by atoms with van der Waals surface area (Å²) in [5.41, 5.74) is 2.92. The summed E-state index contributed by atoms with van der Waals surface area (Å²) < 4.78 is 11.4. The molecule has 1 heterocycles. The van der Waals surface area contributed by atoms with E-state index in [4.69, 9.17) is 14.3 Å². The van der Waals surface area contributed by atoms with Crippen molar-refractivity contribution in [2.24, 2.45) is 0 Å². The van der Waals surface area contributed by atoms with Crippen LogP contribution in [0.1, 0.15) is 40.6 Å². The molecule has 0 saturated carbocycles. The number of benzene rings is 2. The summed E-state index contributed by atoms with van der Waals surface area (Å²) in [6, 6.07) is 12.1. The van der Waals surface area contributed by atoms with Crippen molar-refractivity contribution >= 4 is 28.6 Å². The molecule has 1 aliphatic rings. The lowest BCUT2D eigenvalue weighted by atomic mass is 10.1. The van der Waals surface area contributed by atoms with Crippen molar-refractivity contribution in [3.05, 3.63) is 75.1 Å². The second kappa shape index (κ2) is 6.76. The van der Waals surface area contributed by atoms with Gasteiger partial charge in [-0.15, -0.1) is 0 Å². The molecule has 4 rings (SSSR count). The molecule has 1 aliphatic carbocycles. The average Bonchev–Trinajstić information content (AvgIpc) is 3.06. The van der Waals surface area contributed by atoms with Gasteiger partial charge in [0.1, 0.15) is 17.1 Å². The maximum absolute atomic E-state index is 12.8. The number of carboxylic acid groups (broad SMARTS) is 1. The Bertz CT molecular complexity index is 1120. The van der Waals surface area contributed by atoms with Crippen LogP contribution in [0.3, 0.4) is 0 Å². The lowest BCUT2D eigenvalue weighted by Gasteiger charge is -2.05. The maximum atomic E-state index is 12.8. The highest BCUT2D eigenvalue weighted by molar-refractivity contribution is 5.94. The van der Waals surface area contributed by atoms with E-state index >= 15 is 0 Å². The van der Waals surface area contributed by atoms with Gasteiger partial charge in [0, 0.05) is 5.56 Å². The van der Waals surface area contributed by atoms with Crippen molar-refractivity contribution < 1.29 is 19.1 Å². The number of carbonyl (C=O) groups is 1. The Labute approximate surface area is 155 Å². The maximum Gasteiger partial charge on any atom is 0.335 e. The van der Waals surface area contributed by atoms with Gasteiger partial charge >= 0.3 is 5.97 Å². The molecule has 0 fully saturated rings. The molecule has 3 aromatic rings. The fraction of sp³-hybridized carbons (Fsp3) is 0.182. The number of allylic oxidation sites excluding steroid dienone is 1. The van der Waals surface area contributed by atoms with Crippen LogP contribution in [0, 0.1) is 0 Å². The summed E-state index contributed by atoms with van der Waals surface area (Å²) in [6.45, 7) is 2.56. The summed E-state index contributed by atoms with van der Waals surface area (Å²) >= 11 is 0. The average molecular weight is 362 g/mol. The minimum Gasteiger partial charge on any atom is -0.494 e. The zero-order valence-electron chi connectivity index (χ0n) is 14.8. The second-order valence-electron chi connectivity index (χ2n) is 6.43. The van der Waals surface area contributed by atoms with E-state index in [9.17, 15) is 9.59 Å². The van der Waals surface area contributed by atoms with E-state index in [1.807, 2.05) is 37.3 Å². The third-order valence-electron chi connectivity index (χ3n) is 4.70. The molecule has 0 spiro atoms. The molecule has 27 heavy (non-hydrogen) atoms. The van der Waals surface area contributed by atoms with E-state index in [0.717, 1.165) is 16.9 Å². The van der Waals surface area contributed by atoms with Crippen LogP contribution in [-0.4, -0.2) is 17.7 Å². The molecule has 136 valence electrons. The smallest absolute Gasteiger partial charge is 0.335 e. The minimum absolute atomic E-state index is 0.0814. The van der Waals surface area contributed by atoms with Crippen molar-refractivity contribution in [1.82, 2.24) is 0 Å². The van der Waals surface area contributed by atoms with E-state index in [1.54, 1.807) is 6.07 Å². The summed E-state index contributed by atoms with van der Waals surface area (Å²) in [7, 11) is 0. The van der Waals surface area contributed by atoms with Crippen LogP contribution < -0.4 is 10.2 Å². The first kappa shape index (κ1) is 17.1. The third kappa shape index (κ3) is 3.12. The molecule has 0 saturated heterocycles. The molecule has 5 nitrogen and oxygen atoms in total. The number of hydrogen-bond donors (Lipinski definition) is 1. The van der Waals surface area contributed by atoms with Gasteiger partial charge in [0.25, 0.3) is 0 Å². The van der Waals surface area contributed by atoms with Gasteiger partial charge in [-0.2, -0.15) is 0 Å². The quantitative estimate of drug-likeness (QED) is 0.745. The van der Waals surface area contributed by atoms with Gasteiger partial charge in [0.15, 0.2) is 5.43 Å². The van der Waals surface area contributed by atoms with E-state index < -0.39 is 5.97 Å². The molecule has 1 aromatic heterocycles. The van der Waals surface area contributed by atoms with Gasteiger partial charge in [-0.1, -0.05) is 12.1 Å². The highest BCUT2D eigenvalue weighted by atomic mass is 16.5. The Morgan fingerprint density at radius 1 is 1.19 bits per heavy atom. The van der Waals surface area contributed by atoms with Crippen LogP contribution in [0.4, 0.5) is 0 Å². The van der Waals surface area contributed by atoms with Gasteiger partial charge < -0.3 is 14.3 Å². The summed E-state index contributed by atoms with van der Waals surface area (Å²) in [4.78, 5) is 24.0. The zero-order valence-corrected chi connectivity index (χ0v) is 14.8. The van der Waals surface area contributed by atoms with E-state index in [-0.39, 0.29) is 11.0 Å². The molecule has 1 N–H and O–H groups in total. The van der Waals surface area contributed by atoms with Gasteiger partial charge in [0.05, 0.1) is 17.6 Å². The number of rotatable bonds is 4. The molecule has 0 amide bonds. The fourth-order valence-electron chi connectivity index (χ4n) is 3.39. The molecule has 0 bridgehead atoms. The van der Waals surface area contributed by atoms with E-state index in [0.29, 0.717) is 41.7 Å². The number of hydrogen-bond acceptors (Lipinski definition) is 4. The molecule has 0 radical (unpaired) electrons. The normalized spacial score (nSPS) is 14.5. The van der Waals surface area contributed by atoms with Gasteiger partial charge in [-0.3, -0.25) is 4.79 Å². The second-order valence-corrected chi connectivity index (χ2v) is 6.43. The van der Waals surface area contributed by atoms with Crippen molar-refractivity contribution in [1.29, 1.82) is 0 Å². The van der Waals surface area contributed by atoms with Crippen LogP contribution in [0.5, 0.6) is 5.75 Å². The zero-order chi connectivity index (χ0) is 19.0. The van der Waals surface area contributed by atoms with Gasteiger partial charge in [-0.25, -0.2) is 4.79 Å². The fourth-order valence-corrected chi connectivity index (χ4v) is 3.39. The Morgan fingerprint density at radius 3 is 2.67 bits per heavy atom. The largest absolute Gasteiger partial charge is 0.494 e. The van der Waals surface area contributed by atoms with E-state index in [2.05, 4.69) is 0 Å². The molecule has 0 unspecified atom stereocenters. The summed E-state index contributed by atoms with van der Waals surface area (Å²) in [6.07, 6.45) is 3.32. The Balaban J connectivity index is 1.77. The van der Waals surface area contributed by atoms with Crippen molar-refractivity contribution in [3.63, 3.8) is 0 Å². The summed E-state index contributed by atoms with van der Waals surface area (Å²) in [5, 5.41) is 9.45. The first-order valence-electron chi connectivity index (χ1n) is 8.83. The van der Waals surface area contributed by atoms with Crippen LogP contribution in [0.15, 0.2) is 51.7 Å². The first-order chi connectivity index (χ1) is 13.1. The van der Waals surface area contributed by atoms with Crippen molar-refractivity contribution in [2.75, 3.05) is 6.61 Å². The lowest BCUT2D eigenvalue weighted by molar-refractivity contribution is 0.0697. The van der Waals surface area contributed by atoms with Crippen LogP contribution in [-0.2, 0) is 6.42 Å². The lowest BCUT2D eigenvalue weighted by Crippen LogP contribution is -2.09. The Morgan fingerprint density at radius 2 is 1.96 bits per heavy atom.